The number of hydrogen-bond donors (Lipinski definition) is 1. The summed E-state index contributed by atoms with van der Waals surface area (Å²) >= 11 is 0. The highest BCUT2D eigenvalue weighted by molar-refractivity contribution is 5.66. The van der Waals surface area contributed by atoms with Gasteiger partial charge < -0.3 is 19.9 Å². The summed E-state index contributed by atoms with van der Waals surface area (Å²) in [4.78, 5) is 16.7. The van der Waals surface area contributed by atoms with E-state index in [4.69, 9.17) is 4.74 Å². The van der Waals surface area contributed by atoms with Gasteiger partial charge in [-0.05, 0) is 42.8 Å². The number of nitrogens with zero attached hydrogens (tertiary/aromatic N) is 6. The number of aromatic nitrogens is 3. The van der Waals surface area contributed by atoms with Crippen LogP contribution in [-0.4, -0.2) is 60.5 Å². The summed E-state index contributed by atoms with van der Waals surface area (Å²) in [6.07, 6.45) is 0.556. The van der Waals surface area contributed by atoms with Gasteiger partial charge in [-0.25, -0.2) is 23.7 Å². The largest absolute Gasteiger partial charge is 0.378 e. The molecule has 1 atom stereocenters. The first-order chi connectivity index (χ1) is 16.6. The van der Waals surface area contributed by atoms with Crippen LogP contribution in [0.15, 0.2) is 42.6 Å². The van der Waals surface area contributed by atoms with Crippen LogP contribution in [0.25, 0.3) is 11.4 Å². The number of halogens is 2. The van der Waals surface area contributed by atoms with Crippen molar-refractivity contribution in [1.29, 1.82) is 5.26 Å². The summed E-state index contributed by atoms with van der Waals surface area (Å²) < 4.78 is 33.6. The van der Waals surface area contributed by atoms with E-state index in [2.05, 4.69) is 25.2 Å². The maximum atomic E-state index is 14.6. The van der Waals surface area contributed by atoms with Gasteiger partial charge in [0.25, 0.3) is 0 Å². The van der Waals surface area contributed by atoms with Gasteiger partial charge in [-0.15, -0.1) is 0 Å². The van der Waals surface area contributed by atoms with E-state index < -0.39 is 12.0 Å². The van der Waals surface area contributed by atoms with Crippen molar-refractivity contribution in [3.63, 3.8) is 0 Å². The van der Waals surface area contributed by atoms with Gasteiger partial charge in [0, 0.05) is 37.6 Å². The molecule has 2 aliphatic rings. The smallest absolute Gasteiger partial charge is 0.227 e. The van der Waals surface area contributed by atoms with Crippen molar-refractivity contribution in [2.45, 2.75) is 12.6 Å². The van der Waals surface area contributed by atoms with Crippen LogP contribution in [0.4, 0.5) is 31.8 Å². The Bertz CT molecular complexity index is 1210. The van der Waals surface area contributed by atoms with Gasteiger partial charge in [-0.2, -0.15) is 5.26 Å². The van der Waals surface area contributed by atoms with Crippen LogP contribution in [0.1, 0.15) is 12.1 Å². The number of ether oxygens (including phenoxy) is 1. The van der Waals surface area contributed by atoms with E-state index in [1.807, 2.05) is 30.3 Å². The van der Waals surface area contributed by atoms with Gasteiger partial charge >= 0.3 is 0 Å². The molecule has 0 saturated carbocycles. The fourth-order valence-corrected chi connectivity index (χ4v) is 4.17. The van der Waals surface area contributed by atoms with E-state index >= 15 is 0 Å². The molecule has 0 spiro atoms. The summed E-state index contributed by atoms with van der Waals surface area (Å²) in [6, 6.07) is 13.1. The van der Waals surface area contributed by atoms with Gasteiger partial charge in [0.15, 0.2) is 11.5 Å². The second-order valence-electron chi connectivity index (χ2n) is 8.17. The summed E-state index contributed by atoms with van der Waals surface area (Å²) in [6.45, 7) is 3.85. The van der Waals surface area contributed by atoms with Gasteiger partial charge in [-0.3, -0.25) is 0 Å². The molecule has 2 saturated heterocycles. The number of rotatable bonds is 5. The number of benzene rings is 1. The number of hydrogen-bond acceptors (Lipinski definition) is 8. The van der Waals surface area contributed by atoms with Crippen molar-refractivity contribution in [2.75, 3.05) is 54.5 Å². The van der Waals surface area contributed by atoms with Crippen molar-refractivity contribution in [2.24, 2.45) is 0 Å². The highest BCUT2D eigenvalue weighted by Gasteiger charge is 2.25. The predicted octanol–water partition coefficient (Wildman–Crippen LogP) is 3.68. The first kappa shape index (κ1) is 22.0. The average molecular weight is 463 g/mol. The van der Waals surface area contributed by atoms with Crippen molar-refractivity contribution < 1.29 is 13.5 Å². The zero-order valence-corrected chi connectivity index (χ0v) is 18.4. The maximum absolute atomic E-state index is 14.6. The molecular weight excluding hydrogens is 440 g/mol. The molecule has 1 aromatic carbocycles. The second kappa shape index (κ2) is 9.57. The fourth-order valence-electron chi connectivity index (χ4n) is 4.17. The SMILES string of the molecule is N#Cc1nc(-c2nc(Nc3ccc(N4CCOCC4)cc3)ncc2F)ccc1N1CCC(F)C1. The third-order valence-electron chi connectivity index (χ3n) is 5.94. The van der Waals surface area contributed by atoms with Gasteiger partial charge in [0.05, 0.1) is 30.8 Å². The van der Waals surface area contributed by atoms with Gasteiger partial charge in [0.2, 0.25) is 5.95 Å². The number of morpholine rings is 1. The Labute approximate surface area is 195 Å². The molecular formula is C24H23F2N7O. The molecule has 5 rings (SSSR count). The Morgan fingerprint density at radius 3 is 2.53 bits per heavy atom. The molecule has 10 heteroatoms. The Morgan fingerprint density at radius 1 is 1.03 bits per heavy atom. The zero-order chi connectivity index (χ0) is 23.5. The van der Waals surface area contributed by atoms with Gasteiger partial charge in [0.1, 0.15) is 17.9 Å². The van der Waals surface area contributed by atoms with E-state index in [0.29, 0.717) is 31.9 Å². The van der Waals surface area contributed by atoms with Crippen LogP contribution in [0.3, 0.4) is 0 Å². The third-order valence-corrected chi connectivity index (χ3v) is 5.94. The number of anilines is 4. The first-order valence-corrected chi connectivity index (χ1v) is 11.1. The number of nitrogens with one attached hydrogen (secondary N) is 1. The number of pyridine rings is 1. The molecule has 174 valence electrons. The number of nitriles is 1. The minimum Gasteiger partial charge on any atom is -0.378 e. The molecule has 2 fully saturated rings. The quantitative estimate of drug-likeness (QED) is 0.613. The predicted molar refractivity (Wildman–Crippen MR) is 124 cm³/mol. The minimum atomic E-state index is -0.929. The molecule has 34 heavy (non-hydrogen) atoms. The molecule has 8 nitrogen and oxygen atoms in total. The Hall–Kier alpha value is -3.84. The first-order valence-electron chi connectivity index (χ1n) is 11.1. The van der Waals surface area contributed by atoms with E-state index in [1.165, 1.54) is 0 Å². The van der Waals surface area contributed by atoms with Crippen LogP contribution in [0, 0.1) is 17.1 Å². The molecule has 0 aliphatic carbocycles. The summed E-state index contributed by atoms with van der Waals surface area (Å²) in [5.41, 5.74) is 2.69. The highest BCUT2D eigenvalue weighted by Crippen LogP contribution is 2.29. The van der Waals surface area contributed by atoms with Crippen molar-refractivity contribution in [3.8, 4) is 17.5 Å². The summed E-state index contributed by atoms with van der Waals surface area (Å²) in [7, 11) is 0. The zero-order valence-electron chi connectivity index (χ0n) is 18.4. The third kappa shape index (κ3) is 4.61. The molecule has 0 bridgehead atoms. The summed E-state index contributed by atoms with van der Waals surface area (Å²) in [5, 5.41) is 12.7. The van der Waals surface area contributed by atoms with E-state index in [0.717, 1.165) is 30.7 Å². The van der Waals surface area contributed by atoms with Crippen LogP contribution in [0.5, 0.6) is 0 Å². The second-order valence-corrected chi connectivity index (χ2v) is 8.17. The molecule has 3 aromatic rings. The lowest BCUT2D eigenvalue weighted by Crippen LogP contribution is -2.36. The van der Waals surface area contributed by atoms with E-state index in [1.54, 1.807) is 17.0 Å². The van der Waals surface area contributed by atoms with Crippen LogP contribution in [0.2, 0.25) is 0 Å². The Balaban J connectivity index is 1.36. The van der Waals surface area contributed by atoms with Crippen molar-refractivity contribution >= 4 is 23.0 Å². The fraction of sp³-hybridized carbons (Fsp3) is 0.333. The number of alkyl halides is 1. The van der Waals surface area contributed by atoms with Crippen molar-refractivity contribution in [1.82, 2.24) is 15.0 Å². The lowest BCUT2D eigenvalue weighted by atomic mass is 10.2. The maximum Gasteiger partial charge on any atom is 0.227 e. The highest BCUT2D eigenvalue weighted by atomic mass is 19.1. The molecule has 0 radical (unpaired) electrons. The summed E-state index contributed by atoms with van der Waals surface area (Å²) in [5.74, 6) is -0.443. The lowest BCUT2D eigenvalue weighted by molar-refractivity contribution is 0.122. The lowest BCUT2D eigenvalue weighted by Gasteiger charge is -2.28. The molecule has 0 amide bonds. The molecule has 1 N–H and O–H groups in total. The van der Waals surface area contributed by atoms with Crippen molar-refractivity contribution in [3.05, 3.63) is 54.1 Å². The standard InChI is InChI=1S/C24H23F2N7O/c25-16-7-8-33(15-16)22-6-5-20(30-21(22)13-27)23-19(26)14-28-24(31-23)29-17-1-3-18(4-2-17)32-9-11-34-12-10-32/h1-6,14,16H,7-12,15H2,(H,28,29,31). The van der Waals surface area contributed by atoms with Crippen LogP contribution >= 0.6 is 0 Å². The Morgan fingerprint density at radius 2 is 1.82 bits per heavy atom. The van der Waals surface area contributed by atoms with E-state index in [-0.39, 0.29) is 29.6 Å². The molecule has 2 aliphatic heterocycles. The van der Waals surface area contributed by atoms with Crippen LogP contribution < -0.4 is 15.1 Å². The Kier molecular flexibility index (Phi) is 6.18. The molecule has 4 heterocycles. The van der Waals surface area contributed by atoms with Gasteiger partial charge in [-0.1, -0.05) is 0 Å². The molecule has 2 aromatic heterocycles. The monoisotopic (exact) mass is 463 g/mol. The average Bonchev–Trinajstić information content (AvgIpc) is 3.32. The van der Waals surface area contributed by atoms with E-state index in [9.17, 15) is 14.0 Å². The molecule has 1 unspecified atom stereocenters. The van der Waals surface area contributed by atoms with Crippen LogP contribution in [-0.2, 0) is 4.74 Å². The normalized spacial score (nSPS) is 18.1. The minimum absolute atomic E-state index is 0.0183. The topological polar surface area (TPSA) is 90.2 Å².